The van der Waals surface area contributed by atoms with Gasteiger partial charge in [-0.1, -0.05) is 0 Å². The van der Waals surface area contributed by atoms with Crippen LogP contribution >= 0.6 is 0 Å². The molecular formula is C10H12O6. The highest BCUT2D eigenvalue weighted by Gasteiger charge is 2.20. The van der Waals surface area contributed by atoms with Crippen LogP contribution in [0.1, 0.15) is 5.56 Å². The van der Waals surface area contributed by atoms with Crippen molar-refractivity contribution in [3.05, 3.63) is 17.7 Å². The maximum absolute atomic E-state index is 10.9. The lowest BCUT2D eigenvalue weighted by Crippen LogP contribution is -2.24. The van der Waals surface area contributed by atoms with Crippen LogP contribution in [0.4, 0.5) is 0 Å². The van der Waals surface area contributed by atoms with Gasteiger partial charge < -0.3 is 25.2 Å². The second-order valence-electron chi connectivity index (χ2n) is 3.21. The third-order valence-electron chi connectivity index (χ3n) is 2.06. The molecule has 0 aliphatic carbocycles. The third kappa shape index (κ3) is 2.54. The highest BCUT2D eigenvalue weighted by atomic mass is 16.5. The van der Waals surface area contributed by atoms with Gasteiger partial charge in [-0.3, -0.25) is 0 Å². The predicted octanol–water partition coefficient (Wildman–Crippen LogP) is -0.120. The first-order valence-electron chi connectivity index (χ1n) is 4.45. The fourth-order valence-electron chi connectivity index (χ4n) is 1.25. The maximum Gasteiger partial charge on any atom is 0.335 e. The number of hydrogen-bond acceptors (Lipinski definition) is 6. The number of phenolic OH excluding ortho intramolecular Hbond substituents is 3. The van der Waals surface area contributed by atoms with Crippen LogP contribution in [-0.4, -0.2) is 39.6 Å². The number of carbonyl (C=O) groups is 1. The highest BCUT2D eigenvalue weighted by Crippen LogP contribution is 2.32. The average Bonchev–Trinajstić information content (AvgIpc) is 2.21. The summed E-state index contributed by atoms with van der Waals surface area (Å²) in [6.07, 6.45) is -1.78. The number of phenols is 3. The molecule has 16 heavy (non-hydrogen) atoms. The van der Waals surface area contributed by atoms with Crippen molar-refractivity contribution >= 4 is 5.97 Å². The fourth-order valence-corrected chi connectivity index (χ4v) is 1.25. The van der Waals surface area contributed by atoms with Gasteiger partial charge in [-0.15, -0.1) is 0 Å². The molecule has 6 heteroatoms. The van der Waals surface area contributed by atoms with Crippen molar-refractivity contribution in [3.8, 4) is 17.2 Å². The molecule has 0 saturated carbocycles. The quantitative estimate of drug-likeness (QED) is 0.537. The molecule has 0 amide bonds. The van der Waals surface area contributed by atoms with Crippen LogP contribution in [0.25, 0.3) is 0 Å². The van der Waals surface area contributed by atoms with Crippen LogP contribution in [-0.2, 0) is 16.0 Å². The summed E-state index contributed by atoms with van der Waals surface area (Å²) in [6, 6.07) is 2.00. The molecule has 1 unspecified atom stereocenters. The van der Waals surface area contributed by atoms with E-state index < -0.39 is 23.6 Å². The molecule has 0 spiro atoms. The number of ether oxygens (including phenoxy) is 1. The Bertz CT molecular complexity index is 377. The fraction of sp³-hybridized carbons (Fsp3) is 0.300. The largest absolute Gasteiger partial charge is 0.508 e. The summed E-state index contributed by atoms with van der Waals surface area (Å²) in [7, 11) is 1.11. The van der Waals surface area contributed by atoms with Crippen molar-refractivity contribution in [2.45, 2.75) is 12.5 Å². The van der Waals surface area contributed by atoms with Crippen molar-refractivity contribution in [1.29, 1.82) is 0 Å². The normalized spacial score (nSPS) is 12.1. The van der Waals surface area contributed by atoms with E-state index in [1.807, 2.05) is 0 Å². The van der Waals surface area contributed by atoms with E-state index in [1.54, 1.807) is 0 Å². The lowest BCUT2D eigenvalue weighted by atomic mass is 10.1. The summed E-state index contributed by atoms with van der Waals surface area (Å²) in [4.78, 5) is 10.9. The molecule has 6 nitrogen and oxygen atoms in total. The van der Waals surface area contributed by atoms with Gasteiger partial charge in [-0.05, 0) is 0 Å². The van der Waals surface area contributed by atoms with Crippen molar-refractivity contribution < 1.29 is 30.0 Å². The molecule has 1 aromatic carbocycles. The van der Waals surface area contributed by atoms with E-state index in [2.05, 4.69) is 4.74 Å². The molecule has 0 aliphatic rings. The average molecular weight is 228 g/mol. The lowest BCUT2D eigenvalue weighted by Gasteiger charge is -2.11. The van der Waals surface area contributed by atoms with Gasteiger partial charge >= 0.3 is 5.97 Å². The minimum absolute atomic E-state index is 0.0318. The number of benzene rings is 1. The molecule has 0 bridgehead atoms. The molecule has 1 rings (SSSR count). The highest BCUT2D eigenvalue weighted by molar-refractivity contribution is 5.75. The van der Waals surface area contributed by atoms with Gasteiger partial charge in [0, 0.05) is 24.1 Å². The zero-order chi connectivity index (χ0) is 12.3. The molecule has 0 radical (unpaired) electrons. The molecule has 4 N–H and O–H groups in total. The zero-order valence-corrected chi connectivity index (χ0v) is 8.54. The monoisotopic (exact) mass is 228 g/mol. The van der Waals surface area contributed by atoms with Crippen LogP contribution in [0.2, 0.25) is 0 Å². The van der Waals surface area contributed by atoms with Gasteiger partial charge in [-0.25, -0.2) is 4.79 Å². The van der Waals surface area contributed by atoms with Crippen LogP contribution in [0, 0.1) is 0 Å². The summed E-state index contributed by atoms with van der Waals surface area (Å²) < 4.78 is 4.29. The number of hydrogen-bond donors (Lipinski definition) is 4. The Morgan fingerprint density at radius 1 is 1.31 bits per heavy atom. The molecular weight excluding hydrogens is 216 g/mol. The van der Waals surface area contributed by atoms with Crippen LogP contribution in [0.3, 0.4) is 0 Å². The van der Waals surface area contributed by atoms with E-state index in [-0.39, 0.29) is 17.7 Å². The van der Waals surface area contributed by atoms with E-state index in [9.17, 15) is 20.1 Å². The van der Waals surface area contributed by atoms with Gasteiger partial charge in [0.25, 0.3) is 0 Å². The van der Waals surface area contributed by atoms with E-state index in [4.69, 9.17) is 5.11 Å². The first-order chi connectivity index (χ1) is 7.45. The van der Waals surface area contributed by atoms with E-state index >= 15 is 0 Å². The van der Waals surface area contributed by atoms with E-state index in [1.165, 1.54) is 0 Å². The number of aliphatic hydroxyl groups excluding tert-OH is 1. The molecule has 0 aliphatic heterocycles. The topological polar surface area (TPSA) is 107 Å². The number of esters is 1. The Hall–Kier alpha value is -1.95. The van der Waals surface area contributed by atoms with Crippen molar-refractivity contribution in [1.82, 2.24) is 0 Å². The standard InChI is InChI=1S/C10H12O6/c1-16-10(15)9(14)4-6-7(12)2-5(11)3-8(6)13/h2-3,9,11-14H,4H2,1H3. The number of rotatable bonds is 3. The van der Waals surface area contributed by atoms with Crippen molar-refractivity contribution in [2.24, 2.45) is 0 Å². The van der Waals surface area contributed by atoms with Crippen molar-refractivity contribution in [2.75, 3.05) is 7.11 Å². The summed E-state index contributed by atoms with van der Waals surface area (Å²) >= 11 is 0. The van der Waals surface area contributed by atoms with Gasteiger partial charge in [0.1, 0.15) is 17.2 Å². The van der Waals surface area contributed by atoms with Gasteiger partial charge in [0.15, 0.2) is 6.10 Å². The number of carbonyl (C=O) groups excluding carboxylic acids is 1. The smallest absolute Gasteiger partial charge is 0.335 e. The van der Waals surface area contributed by atoms with E-state index in [0.29, 0.717) is 0 Å². The number of aromatic hydroxyl groups is 3. The summed E-state index contributed by atoms with van der Waals surface area (Å²) in [6.45, 7) is 0. The summed E-state index contributed by atoms with van der Waals surface area (Å²) in [5.74, 6) is -1.99. The molecule has 1 atom stereocenters. The molecule has 88 valence electrons. The van der Waals surface area contributed by atoms with Gasteiger partial charge in [0.05, 0.1) is 7.11 Å². The molecule has 0 saturated heterocycles. The first-order valence-corrected chi connectivity index (χ1v) is 4.45. The molecule has 0 aromatic heterocycles. The van der Waals surface area contributed by atoms with Gasteiger partial charge in [0.2, 0.25) is 0 Å². The number of aliphatic hydroxyl groups is 1. The Kier molecular flexibility index (Phi) is 3.57. The number of methoxy groups -OCH3 is 1. The van der Waals surface area contributed by atoms with Crippen molar-refractivity contribution in [3.63, 3.8) is 0 Å². The lowest BCUT2D eigenvalue weighted by molar-refractivity contribution is -0.150. The van der Waals surface area contributed by atoms with Crippen LogP contribution < -0.4 is 0 Å². The minimum atomic E-state index is -1.48. The summed E-state index contributed by atoms with van der Waals surface area (Å²) in [5, 5.41) is 37.1. The SMILES string of the molecule is COC(=O)C(O)Cc1c(O)cc(O)cc1O. The van der Waals surface area contributed by atoms with E-state index in [0.717, 1.165) is 19.2 Å². The minimum Gasteiger partial charge on any atom is -0.508 e. The Morgan fingerprint density at radius 2 is 1.81 bits per heavy atom. The Labute approximate surface area is 91.3 Å². The third-order valence-corrected chi connectivity index (χ3v) is 2.06. The zero-order valence-electron chi connectivity index (χ0n) is 8.54. The van der Waals surface area contributed by atoms with Gasteiger partial charge in [-0.2, -0.15) is 0 Å². The molecule has 0 fully saturated rings. The molecule has 0 heterocycles. The Balaban J connectivity index is 2.93. The van der Waals surface area contributed by atoms with Crippen LogP contribution in [0.5, 0.6) is 17.2 Å². The second-order valence-corrected chi connectivity index (χ2v) is 3.21. The summed E-state index contributed by atoms with van der Waals surface area (Å²) in [5.41, 5.74) is -0.0318. The Morgan fingerprint density at radius 3 is 2.25 bits per heavy atom. The first kappa shape index (κ1) is 12.1. The predicted molar refractivity (Wildman–Crippen MR) is 53.2 cm³/mol. The maximum atomic E-state index is 10.9. The van der Waals surface area contributed by atoms with Crippen LogP contribution in [0.15, 0.2) is 12.1 Å². The molecule has 1 aromatic rings. The second kappa shape index (κ2) is 4.71.